The van der Waals surface area contributed by atoms with Crippen LogP contribution in [0.1, 0.15) is 5.56 Å². The highest BCUT2D eigenvalue weighted by atomic mass is 79.9. The molecule has 1 nitrogen and oxygen atoms in total. The molecule has 0 spiro atoms. The molecular weight excluding hydrogens is 268 g/mol. The van der Waals surface area contributed by atoms with Crippen molar-refractivity contribution in [3.05, 3.63) is 34.6 Å². The summed E-state index contributed by atoms with van der Waals surface area (Å²) in [6.45, 7) is 0. The standard InChI is InChI=1S/C10H8BrClFN/c11-5-7(6-14)4-8-9(12)2-1-3-10(8)13/h1-3,7H,4-5H2. The van der Waals surface area contributed by atoms with Gasteiger partial charge in [-0.25, -0.2) is 4.39 Å². The van der Waals surface area contributed by atoms with Crippen molar-refractivity contribution in [3.63, 3.8) is 0 Å². The third-order valence-electron chi connectivity index (χ3n) is 1.88. The van der Waals surface area contributed by atoms with Crippen molar-refractivity contribution in [2.45, 2.75) is 6.42 Å². The first-order valence-electron chi connectivity index (χ1n) is 4.07. The molecular formula is C10H8BrClFN. The van der Waals surface area contributed by atoms with Gasteiger partial charge in [0.2, 0.25) is 0 Å². The van der Waals surface area contributed by atoms with Crippen molar-refractivity contribution in [1.82, 2.24) is 0 Å². The average Bonchev–Trinajstić information content (AvgIpc) is 2.18. The van der Waals surface area contributed by atoms with Gasteiger partial charge < -0.3 is 0 Å². The predicted octanol–water partition coefficient (Wildman–Crippen LogP) is 3.56. The maximum atomic E-state index is 13.3. The Balaban J connectivity index is 2.91. The number of hydrogen-bond acceptors (Lipinski definition) is 1. The molecule has 1 aromatic rings. The van der Waals surface area contributed by atoms with Crippen LogP contribution in [0.4, 0.5) is 4.39 Å². The van der Waals surface area contributed by atoms with Crippen LogP contribution < -0.4 is 0 Å². The summed E-state index contributed by atoms with van der Waals surface area (Å²) in [4.78, 5) is 0. The minimum Gasteiger partial charge on any atom is -0.207 e. The van der Waals surface area contributed by atoms with Crippen molar-refractivity contribution in [1.29, 1.82) is 5.26 Å². The molecule has 0 radical (unpaired) electrons. The van der Waals surface area contributed by atoms with Crippen LogP contribution in [0.2, 0.25) is 5.02 Å². The number of rotatable bonds is 3. The Kier molecular flexibility index (Phi) is 4.37. The van der Waals surface area contributed by atoms with Gasteiger partial charge in [-0.2, -0.15) is 5.26 Å². The fourth-order valence-electron chi connectivity index (χ4n) is 1.11. The van der Waals surface area contributed by atoms with Crippen molar-refractivity contribution >= 4 is 27.5 Å². The van der Waals surface area contributed by atoms with E-state index >= 15 is 0 Å². The lowest BCUT2D eigenvalue weighted by Crippen LogP contribution is -2.05. The first kappa shape index (κ1) is 11.5. The Bertz CT molecular complexity index is 341. The summed E-state index contributed by atoms with van der Waals surface area (Å²) in [6.07, 6.45) is 0.341. The van der Waals surface area contributed by atoms with Gasteiger partial charge in [0.25, 0.3) is 0 Å². The largest absolute Gasteiger partial charge is 0.207 e. The summed E-state index contributed by atoms with van der Waals surface area (Å²) in [6, 6.07) is 6.61. The molecule has 0 saturated heterocycles. The van der Waals surface area contributed by atoms with E-state index in [1.165, 1.54) is 6.07 Å². The third kappa shape index (κ3) is 2.70. The van der Waals surface area contributed by atoms with Crippen LogP contribution in [0.15, 0.2) is 18.2 Å². The molecule has 0 N–H and O–H groups in total. The minimum absolute atomic E-state index is 0.246. The molecule has 4 heteroatoms. The molecule has 1 rings (SSSR count). The molecule has 0 saturated carbocycles. The molecule has 0 fully saturated rings. The van der Waals surface area contributed by atoms with Crippen LogP contribution in [0.3, 0.4) is 0 Å². The molecule has 1 unspecified atom stereocenters. The highest BCUT2D eigenvalue weighted by molar-refractivity contribution is 9.09. The Morgan fingerprint density at radius 1 is 1.57 bits per heavy atom. The molecule has 0 bridgehead atoms. The molecule has 1 aromatic carbocycles. The maximum absolute atomic E-state index is 13.3. The number of alkyl halides is 1. The van der Waals surface area contributed by atoms with Crippen LogP contribution in [0.5, 0.6) is 0 Å². The molecule has 74 valence electrons. The Morgan fingerprint density at radius 3 is 2.79 bits per heavy atom. The lowest BCUT2D eigenvalue weighted by molar-refractivity contribution is 0.596. The zero-order valence-electron chi connectivity index (χ0n) is 7.30. The van der Waals surface area contributed by atoms with Gasteiger partial charge in [0.15, 0.2) is 0 Å². The summed E-state index contributed by atoms with van der Waals surface area (Å²) < 4.78 is 13.3. The summed E-state index contributed by atoms with van der Waals surface area (Å²) >= 11 is 9.02. The molecule has 0 aromatic heterocycles. The Morgan fingerprint density at radius 2 is 2.29 bits per heavy atom. The van der Waals surface area contributed by atoms with Gasteiger partial charge in [-0.05, 0) is 18.6 Å². The van der Waals surface area contributed by atoms with Crippen molar-refractivity contribution < 1.29 is 4.39 Å². The first-order valence-corrected chi connectivity index (χ1v) is 5.57. The van der Waals surface area contributed by atoms with E-state index in [0.717, 1.165) is 0 Å². The summed E-state index contributed by atoms with van der Waals surface area (Å²) in [5.41, 5.74) is 0.417. The summed E-state index contributed by atoms with van der Waals surface area (Å²) in [5, 5.41) is 9.63. The van der Waals surface area contributed by atoms with E-state index in [0.29, 0.717) is 22.3 Å². The average molecular weight is 277 g/mol. The number of halogens is 3. The molecule has 0 aliphatic carbocycles. The molecule has 0 amide bonds. The van der Waals surface area contributed by atoms with Gasteiger partial charge in [-0.15, -0.1) is 0 Å². The van der Waals surface area contributed by atoms with Crippen LogP contribution in [0.25, 0.3) is 0 Å². The van der Waals surface area contributed by atoms with E-state index in [1.807, 2.05) is 0 Å². The highest BCUT2D eigenvalue weighted by Crippen LogP contribution is 2.22. The highest BCUT2D eigenvalue weighted by Gasteiger charge is 2.13. The maximum Gasteiger partial charge on any atom is 0.127 e. The quantitative estimate of drug-likeness (QED) is 0.775. The molecule has 0 heterocycles. The van der Waals surface area contributed by atoms with Crippen molar-refractivity contribution in [3.8, 4) is 6.07 Å². The predicted molar refractivity (Wildman–Crippen MR) is 58.0 cm³/mol. The fraction of sp³-hybridized carbons (Fsp3) is 0.300. The van der Waals surface area contributed by atoms with Gasteiger partial charge in [0.05, 0.1) is 12.0 Å². The smallest absolute Gasteiger partial charge is 0.127 e. The van der Waals surface area contributed by atoms with Crippen LogP contribution >= 0.6 is 27.5 Å². The Labute approximate surface area is 95.6 Å². The molecule has 0 aliphatic heterocycles. The van der Waals surface area contributed by atoms with Crippen LogP contribution in [0, 0.1) is 23.1 Å². The summed E-state index contributed by atoms with van der Waals surface area (Å²) in [7, 11) is 0. The molecule has 14 heavy (non-hydrogen) atoms. The Hall–Kier alpha value is -0.590. The molecule has 0 aliphatic rings. The number of hydrogen-bond donors (Lipinski definition) is 0. The van der Waals surface area contributed by atoms with Crippen LogP contribution in [-0.4, -0.2) is 5.33 Å². The van der Waals surface area contributed by atoms with E-state index in [4.69, 9.17) is 16.9 Å². The van der Waals surface area contributed by atoms with Gasteiger partial charge in [0, 0.05) is 15.9 Å². The fourth-order valence-corrected chi connectivity index (χ4v) is 1.72. The van der Waals surface area contributed by atoms with E-state index in [1.54, 1.807) is 12.1 Å². The second-order valence-corrected chi connectivity index (χ2v) is 3.94. The first-order chi connectivity index (χ1) is 6.69. The van der Waals surface area contributed by atoms with E-state index in [9.17, 15) is 4.39 Å². The van der Waals surface area contributed by atoms with Crippen LogP contribution in [-0.2, 0) is 6.42 Å². The van der Waals surface area contributed by atoms with Gasteiger partial charge in [0.1, 0.15) is 5.82 Å². The normalized spacial score (nSPS) is 12.1. The third-order valence-corrected chi connectivity index (χ3v) is 3.02. The van der Waals surface area contributed by atoms with Gasteiger partial charge >= 0.3 is 0 Å². The second-order valence-electron chi connectivity index (χ2n) is 2.88. The van der Waals surface area contributed by atoms with E-state index < -0.39 is 0 Å². The number of nitrogens with zero attached hydrogens (tertiary/aromatic N) is 1. The monoisotopic (exact) mass is 275 g/mol. The van der Waals surface area contributed by atoms with Crippen molar-refractivity contribution in [2.75, 3.05) is 5.33 Å². The topological polar surface area (TPSA) is 23.8 Å². The number of benzene rings is 1. The van der Waals surface area contributed by atoms with E-state index in [2.05, 4.69) is 22.0 Å². The van der Waals surface area contributed by atoms with E-state index in [-0.39, 0.29) is 11.7 Å². The van der Waals surface area contributed by atoms with Crippen molar-refractivity contribution in [2.24, 2.45) is 5.92 Å². The SMILES string of the molecule is N#CC(CBr)Cc1c(F)cccc1Cl. The second kappa shape index (κ2) is 5.33. The van der Waals surface area contributed by atoms with Gasteiger partial charge in [-0.1, -0.05) is 33.6 Å². The lowest BCUT2D eigenvalue weighted by atomic mass is 10.0. The zero-order valence-corrected chi connectivity index (χ0v) is 9.65. The molecule has 1 atom stereocenters. The van der Waals surface area contributed by atoms with Gasteiger partial charge in [-0.3, -0.25) is 0 Å². The number of nitriles is 1. The summed E-state index contributed by atoms with van der Waals surface area (Å²) in [5.74, 6) is -0.594. The minimum atomic E-state index is -0.348. The lowest BCUT2D eigenvalue weighted by Gasteiger charge is -2.07. The zero-order chi connectivity index (χ0) is 10.6.